The van der Waals surface area contributed by atoms with Gasteiger partial charge in [-0.2, -0.15) is 5.11 Å². The van der Waals surface area contributed by atoms with Crippen LogP contribution in [0.3, 0.4) is 0 Å². The number of phenols is 1. The van der Waals surface area contributed by atoms with Gasteiger partial charge in [-0.25, -0.2) is 0 Å². The van der Waals surface area contributed by atoms with Crippen LogP contribution < -0.4 is 5.73 Å². The smallest absolute Gasteiger partial charge is 0.125 e. The quantitative estimate of drug-likeness (QED) is 0.526. The summed E-state index contributed by atoms with van der Waals surface area (Å²) in [5.74, 6) is 0.150. The number of phenolic OH excluding ortho intramolecular Hbond substituents is 1. The van der Waals surface area contributed by atoms with Crippen LogP contribution in [0.4, 0.5) is 17.1 Å². The maximum Gasteiger partial charge on any atom is 0.125 e. The van der Waals surface area contributed by atoms with E-state index >= 15 is 0 Å². The van der Waals surface area contributed by atoms with Gasteiger partial charge in [0.1, 0.15) is 11.4 Å². The Morgan fingerprint density at radius 2 is 1.60 bits per heavy atom. The molecule has 98 valence electrons. The molecule has 0 fully saturated rings. The van der Waals surface area contributed by atoms with Crippen molar-refractivity contribution in [2.75, 3.05) is 5.73 Å². The number of benzene rings is 3. The molecule has 0 amide bonds. The molecule has 3 aromatic rings. The number of nitrogen functional groups attached to an aromatic ring is 1. The van der Waals surface area contributed by atoms with Crippen LogP contribution >= 0.6 is 0 Å². The molecule has 0 aliphatic carbocycles. The first-order valence-electron chi connectivity index (χ1n) is 6.22. The Hall–Kier alpha value is -2.88. The van der Waals surface area contributed by atoms with E-state index in [9.17, 15) is 5.11 Å². The summed E-state index contributed by atoms with van der Waals surface area (Å²) in [5.41, 5.74) is 7.80. The third-order valence-electron chi connectivity index (χ3n) is 3.07. The Labute approximate surface area is 116 Å². The van der Waals surface area contributed by atoms with E-state index in [1.807, 2.05) is 42.5 Å². The largest absolute Gasteiger partial charge is 0.507 e. The molecule has 4 nitrogen and oxygen atoms in total. The number of nitrogens with two attached hydrogens (primary N) is 1. The third kappa shape index (κ3) is 2.19. The van der Waals surface area contributed by atoms with Crippen LogP contribution in [0.5, 0.6) is 5.75 Å². The van der Waals surface area contributed by atoms with Crippen LogP contribution in [-0.2, 0) is 0 Å². The van der Waals surface area contributed by atoms with Crippen LogP contribution in [0.2, 0.25) is 0 Å². The predicted molar refractivity (Wildman–Crippen MR) is 80.6 cm³/mol. The molecule has 0 heterocycles. The second-order valence-electron chi connectivity index (χ2n) is 4.41. The number of rotatable bonds is 2. The highest BCUT2D eigenvalue weighted by molar-refractivity contribution is 6.02. The van der Waals surface area contributed by atoms with Gasteiger partial charge in [0.2, 0.25) is 0 Å². The van der Waals surface area contributed by atoms with Crippen molar-refractivity contribution in [3.63, 3.8) is 0 Å². The van der Waals surface area contributed by atoms with Gasteiger partial charge in [0.05, 0.1) is 11.4 Å². The molecular weight excluding hydrogens is 250 g/mol. The zero-order valence-corrected chi connectivity index (χ0v) is 10.7. The molecule has 0 radical (unpaired) electrons. The van der Waals surface area contributed by atoms with Crippen molar-refractivity contribution in [1.29, 1.82) is 0 Å². The van der Waals surface area contributed by atoms with E-state index in [4.69, 9.17) is 5.73 Å². The number of azo groups is 1. The fourth-order valence-electron chi connectivity index (χ4n) is 2.07. The highest BCUT2D eigenvalue weighted by Gasteiger charge is 2.07. The maximum absolute atomic E-state index is 9.91. The van der Waals surface area contributed by atoms with E-state index in [0.29, 0.717) is 16.8 Å². The molecule has 3 rings (SSSR count). The number of hydrogen-bond donors (Lipinski definition) is 2. The minimum atomic E-state index is 0.150. The summed E-state index contributed by atoms with van der Waals surface area (Å²) >= 11 is 0. The fourth-order valence-corrected chi connectivity index (χ4v) is 2.07. The van der Waals surface area contributed by atoms with E-state index < -0.39 is 0 Å². The number of aromatic hydroxyl groups is 1. The molecule has 0 aromatic heterocycles. The lowest BCUT2D eigenvalue weighted by Crippen LogP contribution is -1.88. The number of hydrogen-bond acceptors (Lipinski definition) is 4. The van der Waals surface area contributed by atoms with Gasteiger partial charge in [-0.05, 0) is 29.7 Å². The SMILES string of the molecule is Nc1c(N=Nc2ccccc2)ccc2cccc(O)c12. The van der Waals surface area contributed by atoms with E-state index in [0.717, 1.165) is 11.1 Å². The van der Waals surface area contributed by atoms with Gasteiger partial charge in [-0.3, -0.25) is 0 Å². The molecule has 3 N–H and O–H groups in total. The van der Waals surface area contributed by atoms with Crippen LogP contribution in [-0.4, -0.2) is 5.11 Å². The Kier molecular flexibility index (Phi) is 3.05. The average molecular weight is 263 g/mol. The summed E-state index contributed by atoms with van der Waals surface area (Å²) in [7, 11) is 0. The fraction of sp³-hybridized carbons (Fsp3) is 0. The van der Waals surface area contributed by atoms with E-state index in [2.05, 4.69) is 10.2 Å². The van der Waals surface area contributed by atoms with Crippen molar-refractivity contribution in [2.45, 2.75) is 0 Å². The van der Waals surface area contributed by atoms with Gasteiger partial charge in [-0.15, -0.1) is 5.11 Å². The first kappa shape index (κ1) is 12.2. The number of fused-ring (bicyclic) bond motifs is 1. The van der Waals surface area contributed by atoms with E-state index in [1.165, 1.54) is 0 Å². The topological polar surface area (TPSA) is 71.0 Å². The Bertz CT molecular complexity index is 782. The molecule has 0 saturated carbocycles. The Morgan fingerprint density at radius 1 is 0.800 bits per heavy atom. The van der Waals surface area contributed by atoms with Crippen molar-refractivity contribution in [3.8, 4) is 5.75 Å². The summed E-state index contributed by atoms with van der Waals surface area (Å²) in [4.78, 5) is 0. The van der Waals surface area contributed by atoms with Gasteiger partial charge in [0, 0.05) is 5.39 Å². The van der Waals surface area contributed by atoms with Crippen LogP contribution in [0.15, 0.2) is 70.9 Å². The van der Waals surface area contributed by atoms with Crippen molar-refractivity contribution < 1.29 is 5.11 Å². The third-order valence-corrected chi connectivity index (χ3v) is 3.07. The standard InChI is InChI=1S/C16H13N3O/c17-16-13(19-18-12-6-2-1-3-7-12)10-9-11-5-4-8-14(20)15(11)16/h1-10,20H,17H2. The van der Waals surface area contributed by atoms with Crippen LogP contribution in [0.25, 0.3) is 10.8 Å². The van der Waals surface area contributed by atoms with Crippen LogP contribution in [0.1, 0.15) is 0 Å². The maximum atomic E-state index is 9.91. The summed E-state index contributed by atoms with van der Waals surface area (Å²) in [6.45, 7) is 0. The highest BCUT2D eigenvalue weighted by Crippen LogP contribution is 2.36. The van der Waals surface area contributed by atoms with E-state index in [-0.39, 0.29) is 5.75 Å². The predicted octanol–water partition coefficient (Wildman–Crippen LogP) is 4.54. The second kappa shape index (κ2) is 5.01. The van der Waals surface area contributed by atoms with Gasteiger partial charge in [0.25, 0.3) is 0 Å². The van der Waals surface area contributed by atoms with Gasteiger partial charge < -0.3 is 10.8 Å². The average Bonchev–Trinajstić information content (AvgIpc) is 2.48. The molecule has 3 aromatic carbocycles. The lowest BCUT2D eigenvalue weighted by atomic mass is 10.1. The molecule has 0 unspecified atom stereocenters. The molecule has 0 atom stereocenters. The van der Waals surface area contributed by atoms with Gasteiger partial charge in [-0.1, -0.05) is 36.4 Å². The monoisotopic (exact) mass is 263 g/mol. The Balaban J connectivity index is 2.07. The first-order chi connectivity index (χ1) is 9.75. The van der Waals surface area contributed by atoms with Crippen molar-refractivity contribution in [3.05, 3.63) is 60.7 Å². The van der Waals surface area contributed by atoms with E-state index in [1.54, 1.807) is 18.2 Å². The molecule has 0 spiro atoms. The molecule has 0 saturated heterocycles. The highest BCUT2D eigenvalue weighted by atomic mass is 16.3. The molecule has 20 heavy (non-hydrogen) atoms. The minimum absolute atomic E-state index is 0.150. The summed E-state index contributed by atoms with van der Waals surface area (Å²) in [6.07, 6.45) is 0. The Morgan fingerprint density at radius 3 is 2.40 bits per heavy atom. The number of anilines is 1. The second-order valence-corrected chi connectivity index (χ2v) is 4.41. The lowest BCUT2D eigenvalue weighted by Gasteiger charge is -2.06. The van der Waals surface area contributed by atoms with Crippen molar-refractivity contribution >= 4 is 27.8 Å². The molecule has 0 bridgehead atoms. The van der Waals surface area contributed by atoms with Crippen LogP contribution in [0, 0.1) is 0 Å². The molecule has 0 aliphatic heterocycles. The normalized spacial score (nSPS) is 11.2. The number of nitrogens with zero attached hydrogens (tertiary/aromatic N) is 2. The van der Waals surface area contributed by atoms with Crippen molar-refractivity contribution in [2.24, 2.45) is 10.2 Å². The first-order valence-corrected chi connectivity index (χ1v) is 6.22. The molecule has 4 heteroatoms. The summed E-state index contributed by atoms with van der Waals surface area (Å²) in [5, 5.41) is 19.7. The van der Waals surface area contributed by atoms with Gasteiger partial charge in [0.15, 0.2) is 0 Å². The summed E-state index contributed by atoms with van der Waals surface area (Å²) in [6, 6.07) is 18.4. The molecule has 0 aliphatic rings. The zero-order valence-electron chi connectivity index (χ0n) is 10.7. The lowest BCUT2D eigenvalue weighted by molar-refractivity contribution is 0.482. The van der Waals surface area contributed by atoms with Gasteiger partial charge >= 0.3 is 0 Å². The summed E-state index contributed by atoms with van der Waals surface area (Å²) < 4.78 is 0. The zero-order chi connectivity index (χ0) is 13.9. The van der Waals surface area contributed by atoms with Crippen molar-refractivity contribution in [1.82, 2.24) is 0 Å². The minimum Gasteiger partial charge on any atom is -0.507 e. The molecular formula is C16H13N3O.